The number of non-ortho nitro benzene ring substituents is 1. The van der Waals surface area contributed by atoms with E-state index in [-0.39, 0.29) is 35.7 Å². The summed E-state index contributed by atoms with van der Waals surface area (Å²) < 4.78 is 9.82. The average Bonchev–Trinajstić information content (AvgIpc) is 2.53. The first kappa shape index (κ1) is 16.3. The predicted octanol–water partition coefficient (Wildman–Crippen LogP) is 2.50. The summed E-state index contributed by atoms with van der Waals surface area (Å²) in [5.41, 5.74) is -0.0497. The molecule has 1 aromatic heterocycles. The number of rotatable bonds is 5. The van der Waals surface area contributed by atoms with Gasteiger partial charge in [-0.05, 0) is 26.0 Å². The topological polar surface area (TPSA) is 109 Å². The van der Waals surface area contributed by atoms with Crippen LogP contribution in [0.4, 0.5) is 5.69 Å². The lowest BCUT2D eigenvalue weighted by Crippen LogP contribution is -2.12. The SMILES string of the molecule is CCOC(=O)c1cc(C(=O)OCC)c2ccc([N+](=O)[O-])cc2n1. The van der Waals surface area contributed by atoms with Gasteiger partial charge in [-0.25, -0.2) is 14.6 Å². The highest BCUT2D eigenvalue weighted by Crippen LogP contribution is 2.24. The minimum absolute atomic E-state index is 0.106. The number of pyridine rings is 1. The maximum Gasteiger partial charge on any atom is 0.356 e. The summed E-state index contributed by atoms with van der Waals surface area (Å²) in [5, 5.41) is 11.2. The van der Waals surface area contributed by atoms with E-state index in [4.69, 9.17) is 9.47 Å². The van der Waals surface area contributed by atoms with Crippen LogP contribution in [-0.2, 0) is 9.47 Å². The number of aromatic nitrogens is 1. The summed E-state index contributed by atoms with van der Waals surface area (Å²) in [4.78, 5) is 38.3. The van der Waals surface area contributed by atoms with Gasteiger partial charge in [0.2, 0.25) is 0 Å². The van der Waals surface area contributed by atoms with Crippen LogP contribution < -0.4 is 0 Å². The van der Waals surface area contributed by atoms with Crippen LogP contribution in [0.15, 0.2) is 24.3 Å². The van der Waals surface area contributed by atoms with Gasteiger partial charge in [-0.15, -0.1) is 0 Å². The molecular formula is C15H14N2O6. The first-order valence-corrected chi connectivity index (χ1v) is 6.91. The number of nitro benzene ring substituents is 1. The Labute approximate surface area is 131 Å². The smallest absolute Gasteiger partial charge is 0.356 e. The molecule has 8 nitrogen and oxygen atoms in total. The maximum atomic E-state index is 12.1. The van der Waals surface area contributed by atoms with Crippen LogP contribution >= 0.6 is 0 Å². The minimum Gasteiger partial charge on any atom is -0.462 e. The van der Waals surface area contributed by atoms with Crippen molar-refractivity contribution in [3.63, 3.8) is 0 Å². The molecule has 0 spiro atoms. The fourth-order valence-electron chi connectivity index (χ4n) is 2.02. The van der Waals surface area contributed by atoms with E-state index >= 15 is 0 Å². The molecule has 0 radical (unpaired) electrons. The Balaban J connectivity index is 2.67. The van der Waals surface area contributed by atoms with Gasteiger partial charge in [0.1, 0.15) is 5.69 Å². The van der Waals surface area contributed by atoms with Crippen LogP contribution in [-0.4, -0.2) is 35.1 Å². The minimum atomic E-state index is -0.716. The highest BCUT2D eigenvalue weighted by Gasteiger charge is 2.20. The molecule has 120 valence electrons. The molecule has 0 saturated carbocycles. The number of carbonyl (C=O) groups is 2. The summed E-state index contributed by atoms with van der Waals surface area (Å²) >= 11 is 0. The van der Waals surface area contributed by atoms with Crippen LogP contribution in [0, 0.1) is 10.1 Å². The molecule has 2 aromatic rings. The highest BCUT2D eigenvalue weighted by atomic mass is 16.6. The molecule has 23 heavy (non-hydrogen) atoms. The summed E-state index contributed by atoms with van der Waals surface area (Å²) in [7, 11) is 0. The third kappa shape index (κ3) is 3.42. The van der Waals surface area contributed by atoms with Crippen molar-refractivity contribution in [1.29, 1.82) is 0 Å². The molecule has 0 aliphatic rings. The Bertz CT molecular complexity index is 787. The van der Waals surface area contributed by atoms with Crippen molar-refractivity contribution in [2.45, 2.75) is 13.8 Å². The molecule has 0 atom stereocenters. The summed E-state index contributed by atoms with van der Waals surface area (Å²) in [6.45, 7) is 3.58. The highest BCUT2D eigenvalue weighted by molar-refractivity contribution is 6.06. The molecule has 2 rings (SSSR count). The molecular weight excluding hydrogens is 304 g/mol. The van der Waals surface area contributed by atoms with Crippen molar-refractivity contribution < 1.29 is 24.0 Å². The van der Waals surface area contributed by atoms with Crippen LogP contribution in [0.1, 0.15) is 34.7 Å². The normalized spacial score (nSPS) is 10.3. The van der Waals surface area contributed by atoms with Gasteiger partial charge in [-0.1, -0.05) is 0 Å². The van der Waals surface area contributed by atoms with E-state index in [2.05, 4.69) is 4.98 Å². The Hall–Kier alpha value is -3.03. The Kier molecular flexibility index (Phi) is 4.85. The number of nitrogens with zero attached hydrogens (tertiary/aromatic N) is 2. The third-order valence-electron chi connectivity index (χ3n) is 2.98. The van der Waals surface area contributed by atoms with Crippen molar-refractivity contribution in [2.75, 3.05) is 13.2 Å². The number of hydrogen-bond donors (Lipinski definition) is 0. The van der Waals surface area contributed by atoms with E-state index < -0.39 is 16.9 Å². The Morgan fingerprint density at radius 1 is 1.13 bits per heavy atom. The first-order valence-electron chi connectivity index (χ1n) is 6.91. The fraction of sp³-hybridized carbons (Fsp3) is 0.267. The number of esters is 2. The second-order valence-corrected chi connectivity index (χ2v) is 4.45. The molecule has 0 bridgehead atoms. The van der Waals surface area contributed by atoms with Gasteiger partial charge in [-0.2, -0.15) is 0 Å². The number of carbonyl (C=O) groups excluding carboxylic acids is 2. The van der Waals surface area contributed by atoms with Gasteiger partial charge < -0.3 is 9.47 Å². The van der Waals surface area contributed by atoms with Crippen molar-refractivity contribution in [3.8, 4) is 0 Å². The molecule has 0 amide bonds. The quantitative estimate of drug-likeness (QED) is 0.473. The van der Waals surface area contributed by atoms with Gasteiger partial charge >= 0.3 is 11.9 Å². The van der Waals surface area contributed by atoms with E-state index in [0.29, 0.717) is 5.39 Å². The number of ether oxygens (including phenoxy) is 2. The molecule has 0 fully saturated rings. The third-order valence-corrected chi connectivity index (χ3v) is 2.98. The van der Waals surface area contributed by atoms with Gasteiger partial charge in [0.05, 0.1) is 29.2 Å². The van der Waals surface area contributed by atoms with Gasteiger partial charge in [0.15, 0.2) is 0 Å². The standard InChI is InChI=1S/C15H14N2O6/c1-3-22-14(18)11-8-13(15(19)23-4-2)16-12-7-9(17(20)21)5-6-10(11)12/h5-8H,3-4H2,1-2H3. The van der Waals surface area contributed by atoms with Crippen LogP contribution in [0.5, 0.6) is 0 Å². The Morgan fingerprint density at radius 3 is 2.39 bits per heavy atom. The number of nitro groups is 1. The van der Waals surface area contributed by atoms with Crippen LogP contribution in [0.25, 0.3) is 10.9 Å². The lowest BCUT2D eigenvalue weighted by molar-refractivity contribution is -0.384. The zero-order valence-corrected chi connectivity index (χ0v) is 12.6. The Morgan fingerprint density at radius 2 is 1.78 bits per heavy atom. The van der Waals surface area contributed by atoms with Crippen molar-refractivity contribution >= 4 is 28.5 Å². The number of fused-ring (bicyclic) bond motifs is 1. The molecule has 0 aliphatic heterocycles. The summed E-state index contributed by atoms with van der Waals surface area (Å²) in [5.74, 6) is -1.36. The number of benzene rings is 1. The lowest BCUT2D eigenvalue weighted by Gasteiger charge is -2.08. The summed E-state index contributed by atoms with van der Waals surface area (Å²) in [6, 6.07) is 5.13. The van der Waals surface area contributed by atoms with Gasteiger partial charge in [-0.3, -0.25) is 10.1 Å². The molecule has 0 aliphatic carbocycles. The van der Waals surface area contributed by atoms with Crippen LogP contribution in [0.3, 0.4) is 0 Å². The number of hydrogen-bond acceptors (Lipinski definition) is 7. The summed E-state index contributed by atoms with van der Waals surface area (Å²) in [6.07, 6.45) is 0. The van der Waals surface area contributed by atoms with Crippen LogP contribution in [0.2, 0.25) is 0 Å². The molecule has 1 aromatic carbocycles. The lowest BCUT2D eigenvalue weighted by atomic mass is 10.1. The van der Waals surface area contributed by atoms with Crippen molar-refractivity contribution in [1.82, 2.24) is 4.98 Å². The zero-order valence-electron chi connectivity index (χ0n) is 12.6. The fourth-order valence-corrected chi connectivity index (χ4v) is 2.02. The monoisotopic (exact) mass is 318 g/mol. The van der Waals surface area contributed by atoms with E-state index in [9.17, 15) is 19.7 Å². The predicted molar refractivity (Wildman–Crippen MR) is 80.3 cm³/mol. The van der Waals surface area contributed by atoms with Gasteiger partial charge in [0.25, 0.3) is 5.69 Å². The molecule has 8 heteroatoms. The van der Waals surface area contributed by atoms with E-state index in [1.807, 2.05) is 0 Å². The van der Waals surface area contributed by atoms with Crippen molar-refractivity contribution in [2.24, 2.45) is 0 Å². The molecule has 0 saturated heterocycles. The molecule has 0 unspecified atom stereocenters. The average molecular weight is 318 g/mol. The molecule has 0 N–H and O–H groups in total. The second-order valence-electron chi connectivity index (χ2n) is 4.45. The maximum absolute atomic E-state index is 12.1. The first-order chi connectivity index (χ1) is 11.0. The van der Waals surface area contributed by atoms with Crippen molar-refractivity contribution in [3.05, 3.63) is 45.6 Å². The molecule has 1 heterocycles. The zero-order chi connectivity index (χ0) is 17.0. The van der Waals surface area contributed by atoms with E-state index in [1.165, 1.54) is 24.3 Å². The second kappa shape index (κ2) is 6.82. The van der Waals surface area contributed by atoms with Gasteiger partial charge in [0, 0.05) is 17.5 Å². The van der Waals surface area contributed by atoms with E-state index in [0.717, 1.165) is 0 Å². The van der Waals surface area contributed by atoms with E-state index in [1.54, 1.807) is 13.8 Å². The largest absolute Gasteiger partial charge is 0.462 e.